The average molecular weight is 293 g/mol. The zero-order valence-corrected chi connectivity index (χ0v) is 12.9. The van der Waals surface area contributed by atoms with Crippen molar-refractivity contribution < 1.29 is 14.3 Å². The molecule has 0 spiro atoms. The molecule has 1 aromatic rings. The first-order valence-electron chi connectivity index (χ1n) is 6.99. The van der Waals surface area contributed by atoms with E-state index in [1.54, 1.807) is 13.8 Å². The molecule has 1 aromatic carbocycles. The molecule has 116 valence electrons. The third-order valence-corrected chi connectivity index (χ3v) is 3.09. The van der Waals surface area contributed by atoms with Gasteiger partial charge in [-0.1, -0.05) is 12.1 Å². The van der Waals surface area contributed by atoms with E-state index in [1.807, 2.05) is 31.3 Å². The first-order chi connectivity index (χ1) is 9.97. The first-order valence-corrected chi connectivity index (χ1v) is 6.99. The van der Waals surface area contributed by atoms with Gasteiger partial charge in [0.1, 0.15) is 6.04 Å². The second kappa shape index (κ2) is 8.26. The number of esters is 1. The van der Waals surface area contributed by atoms with E-state index in [-0.39, 0.29) is 12.6 Å². The van der Waals surface area contributed by atoms with Crippen LogP contribution in [0, 0.1) is 0 Å². The largest absolute Gasteiger partial charge is 0.464 e. The third kappa shape index (κ3) is 5.43. The minimum absolute atomic E-state index is 0.247. The van der Waals surface area contributed by atoms with Gasteiger partial charge in [0.05, 0.1) is 6.61 Å². The number of amides is 2. The van der Waals surface area contributed by atoms with Crippen molar-refractivity contribution in [3.63, 3.8) is 0 Å². The number of nitrogens with one attached hydrogen (secondary N) is 3. The molecule has 0 saturated carbocycles. The number of hydrogen-bond donors (Lipinski definition) is 3. The molecule has 2 amide bonds. The van der Waals surface area contributed by atoms with Crippen LogP contribution in [0.15, 0.2) is 24.3 Å². The van der Waals surface area contributed by atoms with Crippen LogP contribution < -0.4 is 16.0 Å². The topological polar surface area (TPSA) is 79.5 Å². The summed E-state index contributed by atoms with van der Waals surface area (Å²) in [6.07, 6.45) is 0. The van der Waals surface area contributed by atoms with Crippen LogP contribution in [-0.2, 0) is 9.53 Å². The minimum Gasteiger partial charge on any atom is -0.464 e. The average Bonchev–Trinajstić information content (AvgIpc) is 2.47. The molecule has 0 aliphatic rings. The lowest BCUT2D eigenvalue weighted by Gasteiger charge is -2.14. The number of urea groups is 1. The van der Waals surface area contributed by atoms with Crippen molar-refractivity contribution in [1.29, 1.82) is 0 Å². The monoisotopic (exact) mass is 293 g/mol. The van der Waals surface area contributed by atoms with Crippen LogP contribution in [0.25, 0.3) is 0 Å². The number of benzene rings is 1. The minimum atomic E-state index is -0.687. The molecule has 0 aliphatic carbocycles. The predicted octanol–water partition coefficient (Wildman–Crippen LogP) is 2.04. The molecule has 6 heteroatoms. The van der Waals surface area contributed by atoms with Gasteiger partial charge >= 0.3 is 12.0 Å². The summed E-state index contributed by atoms with van der Waals surface area (Å²) in [5, 5.41) is 8.34. The van der Waals surface area contributed by atoms with Crippen molar-refractivity contribution in [2.24, 2.45) is 0 Å². The van der Waals surface area contributed by atoms with Crippen molar-refractivity contribution in [3.05, 3.63) is 29.8 Å². The molecule has 6 nitrogen and oxygen atoms in total. The van der Waals surface area contributed by atoms with Crippen LogP contribution in [-0.4, -0.2) is 31.7 Å². The maximum Gasteiger partial charge on any atom is 0.328 e. The highest BCUT2D eigenvalue weighted by Gasteiger charge is 2.16. The van der Waals surface area contributed by atoms with Crippen molar-refractivity contribution in [3.8, 4) is 0 Å². The van der Waals surface area contributed by atoms with Gasteiger partial charge in [-0.15, -0.1) is 0 Å². The fourth-order valence-electron chi connectivity index (χ4n) is 1.71. The van der Waals surface area contributed by atoms with Crippen molar-refractivity contribution >= 4 is 17.7 Å². The summed E-state index contributed by atoms with van der Waals surface area (Å²) in [5.41, 5.74) is 1.79. The summed E-state index contributed by atoms with van der Waals surface area (Å²) < 4.78 is 4.82. The third-order valence-electron chi connectivity index (χ3n) is 3.09. The zero-order valence-electron chi connectivity index (χ0n) is 12.9. The fraction of sp³-hybridized carbons (Fsp3) is 0.467. The Morgan fingerprint density at radius 3 is 2.33 bits per heavy atom. The Morgan fingerprint density at radius 1 is 1.19 bits per heavy atom. The Kier molecular flexibility index (Phi) is 6.68. The van der Waals surface area contributed by atoms with Crippen molar-refractivity contribution in [2.75, 3.05) is 19.0 Å². The summed E-state index contributed by atoms with van der Waals surface area (Å²) in [6.45, 7) is 5.64. The molecule has 21 heavy (non-hydrogen) atoms. The molecule has 0 fully saturated rings. The molecule has 2 unspecified atom stereocenters. The molecule has 1 rings (SSSR count). The van der Waals surface area contributed by atoms with E-state index < -0.39 is 18.0 Å². The van der Waals surface area contributed by atoms with Crippen LogP contribution in [0.5, 0.6) is 0 Å². The van der Waals surface area contributed by atoms with Crippen molar-refractivity contribution in [2.45, 2.75) is 32.9 Å². The Bertz CT molecular complexity index is 474. The number of hydrogen-bond acceptors (Lipinski definition) is 4. The molecule has 0 heterocycles. The number of ether oxygens (including phenoxy) is 1. The van der Waals surface area contributed by atoms with Gasteiger partial charge in [0.25, 0.3) is 0 Å². The van der Waals surface area contributed by atoms with Gasteiger partial charge in [0.15, 0.2) is 0 Å². The van der Waals surface area contributed by atoms with E-state index in [1.165, 1.54) is 0 Å². The van der Waals surface area contributed by atoms with Gasteiger partial charge in [-0.3, -0.25) is 0 Å². The van der Waals surface area contributed by atoms with Gasteiger partial charge in [-0.05, 0) is 45.5 Å². The molecule has 0 aliphatic heterocycles. The molecule has 2 atom stereocenters. The van der Waals surface area contributed by atoms with Crippen LogP contribution >= 0.6 is 0 Å². The normalized spacial score (nSPS) is 13.1. The van der Waals surface area contributed by atoms with Gasteiger partial charge in [0, 0.05) is 11.7 Å². The highest BCUT2D eigenvalue weighted by Crippen LogP contribution is 2.15. The van der Waals surface area contributed by atoms with Gasteiger partial charge in [0.2, 0.25) is 0 Å². The second-order valence-corrected chi connectivity index (χ2v) is 4.70. The van der Waals surface area contributed by atoms with E-state index in [4.69, 9.17) is 4.74 Å². The summed E-state index contributed by atoms with van der Waals surface area (Å²) in [4.78, 5) is 23.2. The zero-order chi connectivity index (χ0) is 15.8. The summed E-state index contributed by atoms with van der Waals surface area (Å²) in [7, 11) is 1.89. The Balaban J connectivity index is 2.53. The van der Waals surface area contributed by atoms with E-state index >= 15 is 0 Å². The first kappa shape index (κ1) is 17.0. The SMILES string of the molecule is CCOC(=O)C(C)NC(=O)Nc1ccc(C(C)NC)cc1. The number of anilines is 1. The molecule has 3 N–H and O–H groups in total. The highest BCUT2D eigenvalue weighted by atomic mass is 16.5. The molecular weight excluding hydrogens is 270 g/mol. The predicted molar refractivity (Wildman–Crippen MR) is 82.2 cm³/mol. The maximum absolute atomic E-state index is 11.8. The van der Waals surface area contributed by atoms with Gasteiger partial charge in [-0.25, -0.2) is 9.59 Å². The molecule has 0 bridgehead atoms. The van der Waals surface area contributed by atoms with E-state index in [0.717, 1.165) is 5.56 Å². The maximum atomic E-state index is 11.8. The van der Waals surface area contributed by atoms with E-state index in [0.29, 0.717) is 5.69 Å². The van der Waals surface area contributed by atoms with Gasteiger partial charge in [-0.2, -0.15) is 0 Å². The summed E-state index contributed by atoms with van der Waals surface area (Å²) in [5.74, 6) is -0.453. The number of carbonyl (C=O) groups excluding carboxylic acids is 2. The van der Waals surface area contributed by atoms with Crippen LogP contribution in [0.4, 0.5) is 10.5 Å². The lowest BCUT2D eigenvalue weighted by atomic mass is 10.1. The van der Waals surface area contributed by atoms with Crippen LogP contribution in [0.3, 0.4) is 0 Å². The Hall–Kier alpha value is -2.08. The Labute approximate surface area is 125 Å². The molecule has 0 aromatic heterocycles. The van der Waals surface area contributed by atoms with Crippen LogP contribution in [0.1, 0.15) is 32.4 Å². The van der Waals surface area contributed by atoms with E-state index in [2.05, 4.69) is 22.9 Å². The highest BCUT2D eigenvalue weighted by molar-refractivity contribution is 5.92. The lowest BCUT2D eigenvalue weighted by Crippen LogP contribution is -2.41. The van der Waals surface area contributed by atoms with Gasteiger partial charge < -0.3 is 20.7 Å². The molecule has 0 saturated heterocycles. The second-order valence-electron chi connectivity index (χ2n) is 4.70. The Morgan fingerprint density at radius 2 is 1.81 bits per heavy atom. The van der Waals surface area contributed by atoms with E-state index in [9.17, 15) is 9.59 Å². The smallest absolute Gasteiger partial charge is 0.328 e. The number of carbonyl (C=O) groups is 2. The number of rotatable bonds is 6. The standard InChI is InChI=1S/C15H23N3O3/c1-5-21-14(19)11(3)17-15(20)18-13-8-6-12(7-9-13)10(2)16-4/h6-11,16H,5H2,1-4H3,(H2,17,18,20). The summed E-state index contributed by atoms with van der Waals surface area (Å²) in [6, 6.07) is 6.63. The van der Waals surface area contributed by atoms with Crippen molar-refractivity contribution in [1.82, 2.24) is 10.6 Å². The fourth-order valence-corrected chi connectivity index (χ4v) is 1.71. The van der Waals surface area contributed by atoms with Crippen LogP contribution in [0.2, 0.25) is 0 Å². The molecular formula is C15H23N3O3. The quantitative estimate of drug-likeness (QED) is 0.701. The molecule has 0 radical (unpaired) electrons. The summed E-state index contributed by atoms with van der Waals surface area (Å²) >= 11 is 0. The lowest BCUT2D eigenvalue weighted by molar-refractivity contribution is -0.144.